The van der Waals surface area contributed by atoms with Crippen molar-refractivity contribution in [1.82, 2.24) is 14.7 Å². The zero-order valence-electron chi connectivity index (χ0n) is 15.1. The number of hydrogen-bond acceptors (Lipinski definition) is 4. The van der Waals surface area contributed by atoms with Gasteiger partial charge in [-0.2, -0.15) is 4.90 Å². The molecule has 2 amide bonds. The normalized spacial score (nSPS) is 17.6. The largest absolute Gasteiger partial charge is 0.297 e. The van der Waals surface area contributed by atoms with Crippen molar-refractivity contribution in [2.45, 2.75) is 6.54 Å². The first kappa shape index (κ1) is 17.5. The zero-order chi connectivity index (χ0) is 18.6. The van der Waals surface area contributed by atoms with Gasteiger partial charge in [0.2, 0.25) is 0 Å². The van der Waals surface area contributed by atoms with E-state index >= 15 is 0 Å². The summed E-state index contributed by atoms with van der Waals surface area (Å²) in [7, 11) is 0. The van der Waals surface area contributed by atoms with Crippen LogP contribution in [-0.4, -0.2) is 59.2 Å². The Bertz CT molecular complexity index is 871. The molecule has 136 valence electrons. The summed E-state index contributed by atoms with van der Waals surface area (Å²) in [6.07, 6.45) is 0. The number of imide groups is 1. The smallest absolute Gasteiger partial charge is 0.273 e. The van der Waals surface area contributed by atoms with Gasteiger partial charge in [0.05, 0.1) is 17.7 Å². The average molecular weight is 359 g/mol. The number of amides is 2. The van der Waals surface area contributed by atoms with E-state index in [-0.39, 0.29) is 11.8 Å². The van der Waals surface area contributed by atoms with Gasteiger partial charge in [0, 0.05) is 38.8 Å². The molecule has 0 bridgehead atoms. The Labute approximate surface area is 159 Å². The lowest BCUT2D eigenvalue weighted by Gasteiger charge is -2.33. The molecular weight excluding hydrogens is 338 g/mol. The van der Waals surface area contributed by atoms with Crippen molar-refractivity contribution in [2.24, 2.45) is 0 Å². The molecule has 0 spiro atoms. The number of nitrogens with zero attached hydrogens (tertiary/aromatic N) is 3. The van der Waals surface area contributed by atoms with Crippen molar-refractivity contribution in [3.63, 3.8) is 0 Å². The summed E-state index contributed by atoms with van der Waals surface area (Å²) < 4.78 is 0. The zero-order valence-corrected chi connectivity index (χ0v) is 15.1. The maximum Gasteiger partial charge on any atom is 0.273 e. The number of benzene rings is 2. The highest BCUT2D eigenvalue weighted by molar-refractivity contribution is 6.22. The van der Waals surface area contributed by atoms with Crippen LogP contribution in [-0.2, 0) is 6.54 Å². The van der Waals surface area contributed by atoms with Gasteiger partial charge < -0.3 is 0 Å². The first-order valence-electron chi connectivity index (χ1n) is 9.17. The Morgan fingerprint density at radius 2 is 1.30 bits per heavy atom. The van der Waals surface area contributed by atoms with Crippen LogP contribution in [0.25, 0.3) is 0 Å². The Balaban J connectivity index is 1.29. The third kappa shape index (κ3) is 3.77. The van der Waals surface area contributed by atoms with E-state index in [1.54, 1.807) is 24.3 Å². The van der Waals surface area contributed by atoms with E-state index < -0.39 is 0 Å². The van der Waals surface area contributed by atoms with Crippen LogP contribution in [0.3, 0.4) is 0 Å². The first-order chi connectivity index (χ1) is 13.2. The molecule has 0 radical (unpaired) electrons. The highest BCUT2D eigenvalue weighted by Crippen LogP contribution is 2.21. The molecule has 0 N–H and O–H groups in total. The summed E-state index contributed by atoms with van der Waals surface area (Å²) in [6, 6.07) is 20.1. The van der Waals surface area contributed by atoms with Crippen molar-refractivity contribution >= 4 is 11.8 Å². The number of fused-ring (bicyclic) bond motifs is 1. The van der Waals surface area contributed by atoms with E-state index in [2.05, 4.69) is 46.0 Å². The van der Waals surface area contributed by atoms with Crippen molar-refractivity contribution in [3.05, 3.63) is 71.3 Å². The molecule has 1 fully saturated rings. The van der Waals surface area contributed by atoms with E-state index in [0.29, 0.717) is 17.7 Å². The molecule has 27 heavy (non-hydrogen) atoms. The van der Waals surface area contributed by atoms with Gasteiger partial charge in [-0.3, -0.25) is 19.4 Å². The van der Waals surface area contributed by atoms with Gasteiger partial charge in [0.15, 0.2) is 0 Å². The second-order valence-electron chi connectivity index (χ2n) is 6.82. The van der Waals surface area contributed by atoms with Gasteiger partial charge >= 0.3 is 0 Å². The van der Waals surface area contributed by atoms with Gasteiger partial charge in [-0.1, -0.05) is 48.4 Å². The first-order valence-corrected chi connectivity index (χ1v) is 9.17. The fourth-order valence-electron chi connectivity index (χ4n) is 3.46. The molecule has 4 rings (SSSR count). The molecule has 2 aliphatic heterocycles. The van der Waals surface area contributed by atoms with Gasteiger partial charge in [-0.05, 0) is 17.7 Å². The molecule has 0 unspecified atom stereocenters. The van der Waals surface area contributed by atoms with Crippen LogP contribution in [0.5, 0.6) is 0 Å². The van der Waals surface area contributed by atoms with Crippen LogP contribution < -0.4 is 0 Å². The molecule has 1 saturated heterocycles. The third-order valence-electron chi connectivity index (χ3n) is 5.00. The Morgan fingerprint density at radius 1 is 0.741 bits per heavy atom. The van der Waals surface area contributed by atoms with Gasteiger partial charge in [-0.15, -0.1) is 0 Å². The molecular formula is C22H21N3O2. The summed E-state index contributed by atoms with van der Waals surface area (Å²) in [5, 5.41) is 0. The van der Waals surface area contributed by atoms with E-state index in [1.165, 1.54) is 5.56 Å². The summed E-state index contributed by atoms with van der Waals surface area (Å²) in [5.41, 5.74) is 2.20. The van der Waals surface area contributed by atoms with E-state index in [4.69, 9.17) is 0 Å². The maximum absolute atomic E-state index is 12.3. The van der Waals surface area contributed by atoms with Crippen molar-refractivity contribution in [3.8, 4) is 12.0 Å². The predicted octanol–water partition coefficient (Wildman–Crippen LogP) is 2.06. The van der Waals surface area contributed by atoms with E-state index in [1.807, 2.05) is 6.07 Å². The van der Waals surface area contributed by atoms with Crippen LogP contribution in [0.2, 0.25) is 0 Å². The lowest BCUT2D eigenvalue weighted by Crippen LogP contribution is -2.45. The fraction of sp³-hybridized carbons (Fsp3) is 0.273. The van der Waals surface area contributed by atoms with E-state index in [0.717, 1.165) is 37.6 Å². The third-order valence-corrected chi connectivity index (χ3v) is 5.00. The van der Waals surface area contributed by atoms with Crippen molar-refractivity contribution in [2.75, 3.05) is 32.7 Å². The fourth-order valence-corrected chi connectivity index (χ4v) is 3.46. The van der Waals surface area contributed by atoms with E-state index in [9.17, 15) is 9.59 Å². The Hall–Kier alpha value is -2.94. The number of hydrogen-bond donors (Lipinski definition) is 0. The molecule has 0 aliphatic carbocycles. The molecule has 5 nitrogen and oxygen atoms in total. The summed E-state index contributed by atoms with van der Waals surface area (Å²) in [6.45, 7) is 5.38. The molecule has 0 atom stereocenters. The van der Waals surface area contributed by atoms with Crippen LogP contribution in [0.15, 0.2) is 54.6 Å². The second-order valence-corrected chi connectivity index (χ2v) is 6.82. The monoisotopic (exact) mass is 359 g/mol. The van der Waals surface area contributed by atoms with Gasteiger partial charge in [0.1, 0.15) is 0 Å². The number of carbonyl (C=O) groups is 2. The summed E-state index contributed by atoms with van der Waals surface area (Å²) in [5.74, 6) is 2.35. The Kier molecular flexibility index (Phi) is 5.01. The number of rotatable bonds is 3. The van der Waals surface area contributed by atoms with Crippen LogP contribution in [0, 0.1) is 12.0 Å². The molecule has 0 saturated carbocycles. The lowest BCUT2D eigenvalue weighted by molar-refractivity contribution is 0.0734. The standard InChI is InChI=1S/C22H21N3O2/c26-21-19-9-4-5-10-20(19)22(27)25(21)12-6-11-23-13-15-24(16-14-23)17-18-7-2-1-3-8-18/h1-5,7-10H,11,13-17H2. The summed E-state index contributed by atoms with van der Waals surface area (Å²) in [4.78, 5) is 30.3. The average Bonchev–Trinajstić information content (AvgIpc) is 2.95. The van der Waals surface area contributed by atoms with Gasteiger partial charge in [-0.25, -0.2) is 0 Å². The molecule has 2 aliphatic rings. The molecule has 2 heterocycles. The highest BCUT2D eigenvalue weighted by Gasteiger charge is 2.34. The Morgan fingerprint density at radius 3 is 1.93 bits per heavy atom. The van der Waals surface area contributed by atoms with Crippen molar-refractivity contribution < 1.29 is 9.59 Å². The molecule has 5 heteroatoms. The SMILES string of the molecule is O=C1c2ccccc2C(=O)N1C#CCN1CCN(Cc2ccccc2)CC1. The van der Waals surface area contributed by atoms with Crippen LogP contribution in [0.4, 0.5) is 0 Å². The quantitative estimate of drug-likeness (QED) is 0.622. The van der Waals surface area contributed by atoms with Crippen molar-refractivity contribution in [1.29, 1.82) is 0 Å². The minimum absolute atomic E-state index is 0.323. The number of piperazine rings is 1. The topological polar surface area (TPSA) is 43.9 Å². The summed E-state index contributed by atoms with van der Waals surface area (Å²) >= 11 is 0. The second kappa shape index (κ2) is 7.75. The van der Waals surface area contributed by atoms with Crippen LogP contribution in [0.1, 0.15) is 26.3 Å². The predicted molar refractivity (Wildman–Crippen MR) is 103 cm³/mol. The lowest BCUT2D eigenvalue weighted by atomic mass is 10.1. The van der Waals surface area contributed by atoms with Gasteiger partial charge in [0.25, 0.3) is 11.8 Å². The molecule has 2 aromatic carbocycles. The molecule has 0 aromatic heterocycles. The maximum atomic E-state index is 12.3. The molecule has 2 aromatic rings. The van der Waals surface area contributed by atoms with Crippen LogP contribution >= 0.6 is 0 Å². The highest BCUT2D eigenvalue weighted by atomic mass is 16.2. The minimum Gasteiger partial charge on any atom is -0.297 e. The minimum atomic E-state index is -0.323. The number of carbonyl (C=O) groups excluding carboxylic acids is 2.